The van der Waals surface area contributed by atoms with Gasteiger partial charge in [0.05, 0.1) is 13.7 Å². The van der Waals surface area contributed by atoms with Crippen molar-refractivity contribution < 1.29 is 9.53 Å². The Hall–Kier alpha value is -3.54. The van der Waals surface area contributed by atoms with Crippen molar-refractivity contribution in [1.82, 2.24) is 9.88 Å². The quantitative estimate of drug-likeness (QED) is 0.708. The van der Waals surface area contributed by atoms with Crippen molar-refractivity contribution in [3.63, 3.8) is 0 Å². The molecule has 3 aromatic rings. The number of fused-ring (bicyclic) bond motifs is 1. The summed E-state index contributed by atoms with van der Waals surface area (Å²) < 4.78 is 5.19. The summed E-state index contributed by atoms with van der Waals surface area (Å²) in [5.41, 5.74) is 3.93. The molecular weight excluding hydrogens is 340 g/mol. The summed E-state index contributed by atoms with van der Waals surface area (Å²) in [4.78, 5) is 18.6. The van der Waals surface area contributed by atoms with Gasteiger partial charge in [-0.2, -0.15) is 0 Å². The highest BCUT2D eigenvalue weighted by atomic mass is 16.5. The van der Waals surface area contributed by atoms with Crippen molar-refractivity contribution in [2.24, 2.45) is 0 Å². The van der Waals surface area contributed by atoms with Gasteiger partial charge in [-0.25, -0.2) is 9.78 Å². The van der Waals surface area contributed by atoms with E-state index >= 15 is 0 Å². The third-order valence-corrected chi connectivity index (χ3v) is 4.50. The Labute approximate surface area is 157 Å². The van der Waals surface area contributed by atoms with Gasteiger partial charge < -0.3 is 15.0 Å². The number of methoxy groups -OCH3 is 1. The van der Waals surface area contributed by atoms with Crippen LogP contribution in [-0.2, 0) is 13.1 Å². The van der Waals surface area contributed by atoms with Crippen molar-refractivity contribution in [1.29, 1.82) is 0 Å². The topological polar surface area (TPSA) is 66.5 Å². The van der Waals surface area contributed by atoms with Gasteiger partial charge in [-0.15, -0.1) is 0 Å². The molecule has 2 amide bonds. The van der Waals surface area contributed by atoms with Gasteiger partial charge in [0.15, 0.2) is 0 Å². The summed E-state index contributed by atoms with van der Waals surface area (Å²) in [6.45, 7) is 0.991. The van der Waals surface area contributed by atoms with Gasteiger partial charge in [-0.05, 0) is 35.9 Å². The number of benzene rings is 2. The lowest BCUT2D eigenvalue weighted by molar-refractivity contribution is 0.203. The molecule has 2 heterocycles. The van der Waals surface area contributed by atoms with Gasteiger partial charge >= 0.3 is 6.03 Å². The largest absolute Gasteiger partial charge is 0.497 e. The molecule has 0 radical (unpaired) electrons. The molecule has 6 heteroatoms. The fourth-order valence-corrected chi connectivity index (χ4v) is 3.08. The number of carbonyl (C=O) groups is 1. The molecule has 6 nitrogen and oxygen atoms in total. The molecule has 2 N–H and O–H groups in total. The number of rotatable bonds is 5. The number of ether oxygens (including phenoxy) is 1. The minimum Gasteiger partial charge on any atom is -0.497 e. The minimum atomic E-state index is -0.150. The van der Waals surface area contributed by atoms with E-state index < -0.39 is 0 Å². The molecule has 0 atom stereocenters. The summed E-state index contributed by atoms with van der Waals surface area (Å²) in [6.07, 6.45) is 1.70. The average Bonchev–Trinajstić information content (AvgIpc) is 2.70. The van der Waals surface area contributed by atoms with Crippen LogP contribution in [0.3, 0.4) is 0 Å². The van der Waals surface area contributed by atoms with Crippen LogP contribution >= 0.6 is 0 Å². The predicted octanol–water partition coefficient (Wildman–Crippen LogP) is 4.38. The summed E-state index contributed by atoms with van der Waals surface area (Å²) in [7, 11) is 1.64. The van der Waals surface area contributed by atoms with Gasteiger partial charge in [-0.3, -0.25) is 5.32 Å². The molecule has 0 unspecified atom stereocenters. The Morgan fingerprint density at radius 2 is 1.89 bits per heavy atom. The maximum absolute atomic E-state index is 12.5. The molecule has 0 bridgehead atoms. The van der Waals surface area contributed by atoms with E-state index in [1.807, 2.05) is 60.7 Å². The average molecular weight is 360 g/mol. The first kappa shape index (κ1) is 16.9. The highest BCUT2D eigenvalue weighted by Crippen LogP contribution is 2.30. The van der Waals surface area contributed by atoms with Gasteiger partial charge in [0.2, 0.25) is 0 Å². The molecule has 0 fully saturated rings. The molecule has 4 rings (SSSR count). The van der Waals surface area contributed by atoms with Crippen LogP contribution in [0.2, 0.25) is 0 Å². The highest BCUT2D eigenvalue weighted by Gasteiger charge is 2.25. The lowest BCUT2D eigenvalue weighted by Crippen LogP contribution is -2.38. The molecule has 1 aliphatic rings. The molecule has 0 aliphatic carbocycles. The standard InChI is InChI=1S/C21H20N4O2/c1-27-17-9-7-15(8-10-17)13-25-14-18-19(23-16-5-3-2-4-6-16)11-12-22-20(18)24-21(25)26/h2-12H,13-14H2,1H3,(H2,22,23,24,26). The first-order valence-electron chi connectivity index (χ1n) is 8.72. The van der Waals surface area contributed by atoms with Gasteiger partial charge in [0, 0.05) is 29.7 Å². The number of nitrogens with one attached hydrogen (secondary N) is 2. The number of urea groups is 1. The molecule has 27 heavy (non-hydrogen) atoms. The molecule has 0 spiro atoms. The number of amides is 2. The van der Waals surface area contributed by atoms with E-state index in [1.54, 1.807) is 18.2 Å². The van der Waals surface area contributed by atoms with Gasteiger partial charge in [0.25, 0.3) is 0 Å². The van der Waals surface area contributed by atoms with E-state index in [9.17, 15) is 4.79 Å². The van der Waals surface area contributed by atoms with Gasteiger partial charge in [-0.1, -0.05) is 30.3 Å². The first-order valence-corrected chi connectivity index (χ1v) is 8.72. The summed E-state index contributed by atoms with van der Waals surface area (Å²) in [5.74, 6) is 1.40. The van der Waals surface area contributed by atoms with Crippen molar-refractivity contribution in [3.05, 3.63) is 78.0 Å². The van der Waals surface area contributed by atoms with E-state index in [0.29, 0.717) is 18.9 Å². The highest BCUT2D eigenvalue weighted by molar-refractivity contribution is 5.92. The van der Waals surface area contributed by atoms with Gasteiger partial charge in [0.1, 0.15) is 11.6 Å². The lowest BCUT2D eigenvalue weighted by Gasteiger charge is -2.30. The number of pyridine rings is 1. The van der Waals surface area contributed by atoms with Crippen LogP contribution in [0.25, 0.3) is 0 Å². The normalized spacial score (nSPS) is 12.9. The zero-order chi connectivity index (χ0) is 18.6. The second-order valence-corrected chi connectivity index (χ2v) is 6.31. The predicted molar refractivity (Wildman–Crippen MR) is 105 cm³/mol. The smallest absolute Gasteiger partial charge is 0.323 e. The van der Waals surface area contributed by atoms with Crippen LogP contribution in [0.5, 0.6) is 5.75 Å². The van der Waals surface area contributed by atoms with Crippen LogP contribution in [-0.4, -0.2) is 23.0 Å². The van der Waals surface area contributed by atoms with Crippen molar-refractivity contribution in [2.75, 3.05) is 17.7 Å². The number of anilines is 3. The maximum atomic E-state index is 12.5. The second kappa shape index (κ2) is 7.37. The number of hydrogen-bond donors (Lipinski definition) is 2. The van der Waals surface area contributed by atoms with Crippen LogP contribution < -0.4 is 15.4 Å². The molecule has 2 aromatic carbocycles. The molecule has 0 saturated carbocycles. The Balaban J connectivity index is 1.57. The Morgan fingerprint density at radius 1 is 1.11 bits per heavy atom. The van der Waals surface area contributed by atoms with Crippen molar-refractivity contribution in [3.8, 4) is 5.75 Å². The third kappa shape index (κ3) is 3.69. The van der Waals surface area contributed by atoms with E-state index in [-0.39, 0.29) is 6.03 Å². The summed E-state index contributed by atoms with van der Waals surface area (Å²) in [6, 6.07) is 19.4. The Kier molecular flexibility index (Phi) is 4.61. The first-order chi connectivity index (χ1) is 13.2. The van der Waals surface area contributed by atoms with Crippen LogP contribution in [0.1, 0.15) is 11.1 Å². The number of aromatic nitrogens is 1. The van der Waals surface area contributed by atoms with Crippen LogP contribution in [0.4, 0.5) is 22.0 Å². The molecule has 0 saturated heterocycles. The zero-order valence-electron chi connectivity index (χ0n) is 15.0. The fraction of sp³-hybridized carbons (Fsp3) is 0.143. The molecule has 1 aliphatic heterocycles. The van der Waals surface area contributed by atoms with E-state index in [4.69, 9.17) is 4.74 Å². The number of nitrogens with zero attached hydrogens (tertiary/aromatic N) is 2. The van der Waals surface area contributed by atoms with E-state index in [0.717, 1.165) is 28.3 Å². The fourth-order valence-electron chi connectivity index (χ4n) is 3.08. The summed E-state index contributed by atoms with van der Waals surface area (Å²) >= 11 is 0. The molecule has 136 valence electrons. The Bertz CT molecular complexity index is 942. The third-order valence-electron chi connectivity index (χ3n) is 4.50. The number of carbonyl (C=O) groups excluding carboxylic acids is 1. The van der Waals surface area contributed by atoms with E-state index in [1.165, 1.54) is 0 Å². The number of para-hydroxylation sites is 1. The van der Waals surface area contributed by atoms with Crippen molar-refractivity contribution in [2.45, 2.75) is 13.1 Å². The zero-order valence-corrected chi connectivity index (χ0v) is 15.0. The Morgan fingerprint density at radius 3 is 2.63 bits per heavy atom. The minimum absolute atomic E-state index is 0.150. The summed E-state index contributed by atoms with van der Waals surface area (Å²) in [5, 5.41) is 6.30. The molecular formula is C21H20N4O2. The van der Waals surface area contributed by atoms with Crippen LogP contribution in [0.15, 0.2) is 66.9 Å². The number of hydrogen-bond acceptors (Lipinski definition) is 4. The van der Waals surface area contributed by atoms with Crippen LogP contribution in [0, 0.1) is 0 Å². The van der Waals surface area contributed by atoms with Crippen molar-refractivity contribution >= 4 is 23.2 Å². The molecule has 1 aromatic heterocycles. The van der Waals surface area contributed by atoms with E-state index in [2.05, 4.69) is 15.6 Å². The maximum Gasteiger partial charge on any atom is 0.323 e. The monoisotopic (exact) mass is 360 g/mol. The lowest BCUT2D eigenvalue weighted by atomic mass is 10.1. The SMILES string of the molecule is COc1ccc(CN2Cc3c(Nc4ccccc4)ccnc3NC2=O)cc1. The second-order valence-electron chi connectivity index (χ2n) is 6.31.